The maximum absolute atomic E-state index is 12.2. The minimum atomic E-state index is -0.133. The molecule has 0 amide bonds. The fourth-order valence-corrected chi connectivity index (χ4v) is 3.03. The molecule has 0 spiro atoms. The van der Waals surface area contributed by atoms with Crippen molar-refractivity contribution in [2.45, 2.75) is 32.9 Å². The maximum atomic E-state index is 12.2. The molecule has 130 valence electrons. The average molecular weight is 356 g/mol. The molecule has 0 aliphatic rings. The van der Waals surface area contributed by atoms with E-state index in [9.17, 15) is 4.79 Å². The zero-order valence-corrected chi connectivity index (χ0v) is 15.5. The quantitative estimate of drug-likeness (QED) is 0.741. The Balaban J connectivity index is 1.75. The number of hydrogen-bond donors (Lipinski definition) is 1. The van der Waals surface area contributed by atoms with Crippen LogP contribution in [0, 0.1) is 0 Å². The van der Waals surface area contributed by atoms with E-state index >= 15 is 0 Å². The molecule has 0 aliphatic heterocycles. The fraction of sp³-hybridized carbons (Fsp3) is 0.300. The lowest BCUT2D eigenvalue weighted by Gasteiger charge is -2.17. The second-order valence-electron chi connectivity index (χ2n) is 6.74. The van der Waals surface area contributed by atoms with Crippen LogP contribution in [0.4, 0.5) is 0 Å². The Morgan fingerprint density at radius 2 is 1.84 bits per heavy atom. The van der Waals surface area contributed by atoms with Crippen LogP contribution in [0.25, 0.3) is 10.9 Å². The molecule has 0 saturated heterocycles. The number of hydrogen-bond acceptors (Lipinski definition) is 3. The van der Waals surface area contributed by atoms with E-state index in [1.54, 1.807) is 18.2 Å². The number of nitrogens with one attached hydrogen (secondary N) is 1. The third kappa shape index (κ3) is 4.27. The summed E-state index contributed by atoms with van der Waals surface area (Å²) in [7, 11) is 2.01. The van der Waals surface area contributed by atoms with Crippen LogP contribution in [0.5, 0.6) is 0 Å². The smallest absolute Gasteiger partial charge is 0.258 e. The molecule has 1 aromatic heterocycles. The lowest BCUT2D eigenvalue weighted by molar-refractivity contribution is 0.310. The van der Waals surface area contributed by atoms with Crippen molar-refractivity contribution in [3.05, 3.63) is 74.8 Å². The molecule has 1 N–H and O–H groups in total. The predicted molar refractivity (Wildman–Crippen MR) is 103 cm³/mol. The van der Waals surface area contributed by atoms with Gasteiger partial charge in [0.2, 0.25) is 0 Å². The van der Waals surface area contributed by atoms with Gasteiger partial charge in [-0.2, -0.15) is 0 Å². The third-order valence-corrected chi connectivity index (χ3v) is 4.47. The molecule has 2 aromatic carbocycles. The molecule has 1 heterocycles. The number of benzene rings is 2. The summed E-state index contributed by atoms with van der Waals surface area (Å²) in [5, 5.41) is 1.13. The molecule has 0 atom stereocenters. The summed E-state index contributed by atoms with van der Waals surface area (Å²) >= 11 is 6.01. The van der Waals surface area contributed by atoms with E-state index < -0.39 is 0 Å². The summed E-state index contributed by atoms with van der Waals surface area (Å²) in [6, 6.07) is 13.8. The van der Waals surface area contributed by atoms with Gasteiger partial charge in [-0.15, -0.1) is 0 Å². The van der Waals surface area contributed by atoms with Crippen molar-refractivity contribution in [3.63, 3.8) is 0 Å². The number of rotatable bonds is 5. The zero-order chi connectivity index (χ0) is 18.0. The van der Waals surface area contributed by atoms with E-state index in [4.69, 9.17) is 11.6 Å². The summed E-state index contributed by atoms with van der Waals surface area (Å²) in [6.45, 7) is 5.73. The van der Waals surface area contributed by atoms with Crippen molar-refractivity contribution in [2.75, 3.05) is 7.05 Å². The Hall–Kier alpha value is -2.17. The van der Waals surface area contributed by atoms with E-state index in [-0.39, 0.29) is 5.56 Å². The number of nitrogens with zero attached hydrogens (tertiary/aromatic N) is 2. The Morgan fingerprint density at radius 3 is 2.52 bits per heavy atom. The first-order valence-electron chi connectivity index (χ1n) is 8.38. The van der Waals surface area contributed by atoms with Crippen molar-refractivity contribution < 1.29 is 0 Å². The van der Waals surface area contributed by atoms with Gasteiger partial charge in [0.1, 0.15) is 5.82 Å². The molecule has 0 saturated carbocycles. The standard InChI is InChI=1S/C20H22ClN3O/c1-13(2)15-6-4-14(5-7-15)11-24(3)12-19-22-18-10-16(21)8-9-17(18)20(25)23-19/h4-10,13H,11-12H2,1-3H3,(H,22,23,25). The molecule has 0 unspecified atom stereocenters. The van der Waals surface area contributed by atoms with E-state index in [1.807, 2.05) is 7.05 Å². The van der Waals surface area contributed by atoms with Crippen LogP contribution >= 0.6 is 11.6 Å². The van der Waals surface area contributed by atoms with Gasteiger partial charge in [0, 0.05) is 11.6 Å². The van der Waals surface area contributed by atoms with Crippen LogP contribution in [0.1, 0.15) is 36.7 Å². The topological polar surface area (TPSA) is 49.0 Å². The highest BCUT2D eigenvalue weighted by molar-refractivity contribution is 6.31. The van der Waals surface area contributed by atoms with Crippen molar-refractivity contribution in [2.24, 2.45) is 0 Å². The first-order valence-corrected chi connectivity index (χ1v) is 8.76. The molecule has 0 bridgehead atoms. The number of H-pyrrole nitrogens is 1. The van der Waals surface area contributed by atoms with Crippen molar-refractivity contribution in [3.8, 4) is 0 Å². The van der Waals surface area contributed by atoms with Gasteiger partial charge < -0.3 is 4.98 Å². The highest BCUT2D eigenvalue weighted by Gasteiger charge is 2.08. The number of fused-ring (bicyclic) bond motifs is 1. The number of aromatic nitrogens is 2. The Kier molecular flexibility index (Phi) is 5.21. The lowest BCUT2D eigenvalue weighted by Crippen LogP contribution is -2.21. The van der Waals surface area contributed by atoms with Crippen molar-refractivity contribution >= 4 is 22.5 Å². The lowest BCUT2D eigenvalue weighted by atomic mass is 10.0. The van der Waals surface area contributed by atoms with Gasteiger partial charge in [0.25, 0.3) is 5.56 Å². The molecule has 4 nitrogen and oxygen atoms in total. The van der Waals surface area contributed by atoms with Gasteiger partial charge in [-0.25, -0.2) is 4.98 Å². The van der Waals surface area contributed by atoms with Gasteiger partial charge in [-0.1, -0.05) is 49.7 Å². The second kappa shape index (κ2) is 7.38. The average Bonchev–Trinajstić information content (AvgIpc) is 2.54. The second-order valence-corrected chi connectivity index (χ2v) is 7.18. The molecular formula is C20H22ClN3O. The summed E-state index contributed by atoms with van der Waals surface area (Å²) in [4.78, 5) is 21.7. The molecule has 0 fully saturated rings. The largest absolute Gasteiger partial charge is 0.309 e. The zero-order valence-electron chi connectivity index (χ0n) is 14.7. The van der Waals surface area contributed by atoms with Crippen LogP contribution in [0.3, 0.4) is 0 Å². The fourth-order valence-electron chi connectivity index (χ4n) is 2.87. The summed E-state index contributed by atoms with van der Waals surface area (Å²) < 4.78 is 0. The molecular weight excluding hydrogens is 334 g/mol. The van der Waals surface area contributed by atoms with E-state index in [0.29, 0.717) is 34.2 Å². The Bertz CT molecular complexity index is 932. The third-order valence-electron chi connectivity index (χ3n) is 4.24. The molecule has 0 radical (unpaired) electrons. The first-order chi connectivity index (χ1) is 11.9. The summed E-state index contributed by atoms with van der Waals surface area (Å²) in [6.07, 6.45) is 0. The SMILES string of the molecule is CC(C)c1ccc(CN(C)Cc2nc3cc(Cl)ccc3c(=O)[nH]2)cc1. The number of halogens is 1. The number of aromatic amines is 1. The summed E-state index contributed by atoms with van der Waals surface area (Å²) in [5.41, 5.74) is 3.06. The predicted octanol–water partition coefficient (Wildman–Crippen LogP) is 4.33. The molecule has 0 aliphatic carbocycles. The van der Waals surface area contributed by atoms with Crippen LogP contribution < -0.4 is 5.56 Å². The maximum Gasteiger partial charge on any atom is 0.258 e. The van der Waals surface area contributed by atoms with Gasteiger partial charge in [-0.3, -0.25) is 9.69 Å². The minimum Gasteiger partial charge on any atom is -0.309 e. The van der Waals surface area contributed by atoms with E-state index in [1.165, 1.54) is 11.1 Å². The first kappa shape index (κ1) is 17.6. The van der Waals surface area contributed by atoms with Crippen molar-refractivity contribution in [1.82, 2.24) is 14.9 Å². The Morgan fingerprint density at radius 1 is 1.12 bits per heavy atom. The van der Waals surface area contributed by atoms with Gasteiger partial charge in [0.05, 0.1) is 17.4 Å². The van der Waals surface area contributed by atoms with Crippen LogP contribution in [-0.2, 0) is 13.1 Å². The van der Waals surface area contributed by atoms with Crippen molar-refractivity contribution in [1.29, 1.82) is 0 Å². The van der Waals surface area contributed by atoms with E-state index in [0.717, 1.165) is 6.54 Å². The van der Waals surface area contributed by atoms with Crippen LogP contribution in [0.2, 0.25) is 5.02 Å². The monoisotopic (exact) mass is 355 g/mol. The molecule has 25 heavy (non-hydrogen) atoms. The molecule has 3 rings (SSSR count). The van der Waals surface area contributed by atoms with E-state index in [2.05, 4.69) is 53.0 Å². The summed E-state index contributed by atoms with van der Waals surface area (Å²) in [5.74, 6) is 1.17. The van der Waals surface area contributed by atoms with Gasteiger partial charge >= 0.3 is 0 Å². The highest BCUT2D eigenvalue weighted by Crippen LogP contribution is 2.17. The highest BCUT2D eigenvalue weighted by atomic mass is 35.5. The molecule has 3 aromatic rings. The van der Waals surface area contributed by atoms with Crippen LogP contribution in [0.15, 0.2) is 47.3 Å². The van der Waals surface area contributed by atoms with Gasteiger partial charge in [0.15, 0.2) is 0 Å². The van der Waals surface area contributed by atoms with Gasteiger partial charge in [-0.05, 0) is 42.3 Å². The van der Waals surface area contributed by atoms with Crippen LogP contribution in [-0.4, -0.2) is 21.9 Å². The normalized spacial score (nSPS) is 11.6. The minimum absolute atomic E-state index is 0.133. The Labute approximate surface area is 152 Å². The molecule has 5 heteroatoms.